The Morgan fingerprint density at radius 1 is 1.14 bits per heavy atom. The van der Waals surface area contributed by atoms with E-state index in [1.165, 1.54) is 24.2 Å². The summed E-state index contributed by atoms with van der Waals surface area (Å²) in [6, 6.07) is 8.53. The molecule has 0 amide bonds. The normalized spacial score (nSPS) is 9.93. The van der Waals surface area contributed by atoms with Gasteiger partial charge >= 0.3 is 0 Å². The zero-order valence-corrected chi connectivity index (χ0v) is 9.38. The van der Waals surface area contributed by atoms with Crippen LogP contribution in [0.1, 0.15) is 19.8 Å². The molecule has 0 spiro atoms. The summed E-state index contributed by atoms with van der Waals surface area (Å²) >= 11 is 0. The second-order valence-electron chi connectivity index (χ2n) is 3.72. The molecule has 0 aliphatic heterocycles. The van der Waals surface area contributed by atoms with E-state index in [9.17, 15) is 0 Å². The number of hydrogen-bond acceptors (Lipinski definition) is 2. The smallest absolute Gasteiger partial charge is 0.0362 e. The van der Waals surface area contributed by atoms with Crippen molar-refractivity contribution in [2.45, 2.75) is 19.8 Å². The molecule has 1 N–H and O–H groups in total. The summed E-state index contributed by atoms with van der Waals surface area (Å²) in [5.74, 6) is 0. The van der Waals surface area contributed by atoms with Crippen molar-refractivity contribution in [2.75, 3.05) is 30.9 Å². The molecule has 78 valence electrons. The van der Waals surface area contributed by atoms with Gasteiger partial charge in [-0.3, -0.25) is 0 Å². The predicted octanol–water partition coefficient (Wildman–Crippen LogP) is 2.96. The Balaban J connectivity index is 2.47. The zero-order chi connectivity index (χ0) is 10.4. The van der Waals surface area contributed by atoms with E-state index in [2.05, 4.69) is 55.5 Å². The van der Waals surface area contributed by atoms with Gasteiger partial charge in [0.05, 0.1) is 0 Å². The molecule has 0 aliphatic rings. The van der Waals surface area contributed by atoms with Crippen molar-refractivity contribution in [2.24, 2.45) is 0 Å². The average molecular weight is 192 g/mol. The molecule has 1 aromatic rings. The van der Waals surface area contributed by atoms with Gasteiger partial charge in [-0.15, -0.1) is 0 Å². The molecule has 2 heteroatoms. The molecule has 0 saturated heterocycles. The van der Waals surface area contributed by atoms with Crippen molar-refractivity contribution >= 4 is 11.4 Å². The maximum atomic E-state index is 3.39. The molecule has 0 heterocycles. The second-order valence-corrected chi connectivity index (χ2v) is 3.72. The lowest BCUT2D eigenvalue weighted by Gasteiger charge is -2.13. The average Bonchev–Trinajstić information content (AvgIpc) is 2.19. The largest absolute Gasteiger partial charge is 0.385 e. The summed E-state index contributed by atoms with van der Waals surface area (Å²) < 4.78 is 0. The standard InChI is InChI=1S/C12H20N2/c1-4-5-10-13-11-6-8-12(9-7-11)14(2)3/h6-9,13H,4-5,10H2,1-3H3. The van der Waals surface area contributed by atoms with Crippen LogP contribution in [0.15, 0.2) is 24.3 Å². The van der Waals surface area contributed by atoms with Crippen LogP contribution in [0.5, 0.6) is 0 Å². The maximum absolute atomic E-state index is 3.39. The van der Waals surface area contributed by atoms with Crippen molar-refractivity contribution in [3.63, 3.8) is 0 Å². The van der Waals surface area contributed by atoms with Crippen molar-refractivity contribution in [1.29, 1.82) is 0 Å². The lowest BCUT2D eigenvalue weighted by molar-refractivity contribution is 0.834. The first-order chi connectivity index (χ1) is 6.74. The van der Waals surface area contributed by atoms with Gasteiger partial charge in [-0.25, -0.2) is 0 Å². The van der Waals surface area contributed by atoms with Crippen LogP contribution in [0.2, 0.25) is 0 Å². The summed E-state index contributed by atoms with van der Waals surface area (Å²) in [6.45, 7) is 3.27. The monoisotopic (exact) mass is 192 g/mol. The number of unbranched alkanes of at least 4 members (excludes halogenated alkanes) is 1. The molecule has 0 unspecified atom stereocenters. The van der Waals surface area contributed by atoms with Crippen LogP contribution in [0.4, 0.5) is 11.4 Å². The summed E-state index contributed by atoms with van der Waals surface area (Å²) in [5, 5.41) is 3.39. The molecule has 14 heavy (non-hydrogen) atoms. The first-order valence-corrected chi connectivity index (χ1v) is 5.25. The summed E-state index contributed by atoms with van der Waals surface area (Å²) in [6.07, 6.45) is 2.47. The Hall–Kier alpha value is -1.18. The van der Waals surface area contributed by atoms with Crippen LogP contribution in [0.25, 0.3) is 0 Å². The van der Waals surface area contributed by atoms with Crippen molar-refractivity contribution in [1.82, 2.24) is 0 Å². The summed E-state index contributed by atoms with van der Waals surface area (Å²) in [4.78, 5) is 2.11. The summed E-state index contributed by atoms with van der Waals surface area (Å²) in [5.41, 5.74) is 2.45. The molecule has 1 aromatic carbocycles. The number of hydrogen-bond donors (Lipinski definition) is 1. The Morgan fingerprint density at radius 2 is 1.79 bits per heavy atom. The fourth-order valence-electron chi connectivity index (χ4n) is 1.29. The third-order valence-corrected chi connectivity index (χ3v) is 2.24. The van der Waals surface area contributed by atoms with E-state index in [-0.39, 0.29) is 0 Å². The molecule has 0 radical (unpaired) electrons. The van der Waals surface area contributed by atoms with E-state index in [0.29, 0.717) is 0 Å². The van der Waals surface area contributed by atoms with E-state index in [4.69, 9.17) is 0 Å². The van der Waals surface area contributed by atoms with E-state index < -0.39 is 0 Å². The van der Waals surface area contributed by atoms with Crippen LogP contribution in [-0.2, 0) is 0 Å². The first kappa shape index (κ1) is 10.9. The topological polar surface area (TPSA) is 15.3 Å². The first-order valence-electron chi connectivity index (χ1n) is 5.25. The molecule has 1 rings (SSSR count). The van der Waals surface area contributed by atoms with Gasteiger partial charge in [0, 0.05) is 32.0 Å². The highest BCUT2D eigenvalue weighted by molar-refractivity contribution is 5.54. The third kappa shape index (κ3) is 3.29. The van der Waals surface area contributed by atoms with Gasteiger partial charge in [0.25, 0.3) is 0 Å². The number of rotatable bonds is 5. The Bertz CT molecular complexity index is 252. The van der Waals surface area contributed by atoms with Gasteiger partial charge in [-0.05, 0) is 30.7 Å². The van der Waals surface area contributed by atoms with Gasteiger partial charge < -0.3 is 10.2 Å². The third-order valence-electron chi connectivity index (χ3n) is 2.24. The minimum atomic E-state index is 1.07. The molecule has 0 bridgehead atoms. The molecule has 2 nitrogen and oxygen atoms in total. The quantitative estimate of drug-likeness (QED) is 0.721. The molecule has 0 aliphatic carbocycles. The van der Waals surface area contributed by atoms with Gasteiger partial charge in [0.2, 0.25) is 0 Å². The number of nitrogens with one attached hydrogen (secondary N) is 1. The zero-order valence-electron chi connectivity index (χ0n) is 9.38. The lowest BCUT2D eigenvalue weighted by Crippen LogP contribution is -2.08. The molecule has 0 aromatic heterocycles. The van der Waals surface area contributed by atoms with Gasteiger partial charge in [-0.1, -0.05) is 13.3 Å². The highest BCUT2D eigenvalue weighted by Gasteiger charge is 1.94. The van der Waals surface area contributed by atoms with Crippen molar-refractivity contribution in [3.8, 4) is 0 Å². The molecule has 0 atom stereocenters. The SMILES string of the molecule is CCCCNc1ccc(N(C)C)cc1. The van der Waals surface area contributed by atoms with Crippen LogP contribution in [-0.4, -0.2) is 20.6 Å². The van der Waals surface area contributed by atoms with E-state index in [0.717, 1.165) is 6.54 Å². The van der Waals surface area contributed by atoms with Crippen LogP contribution in [0, 0.1) is 0 Å². The minimum absolute atomic E-state index is 1.07. The molecular formula is C12H20N2. The Labute approximate surface area is 86.9 Å². The predicted molar refractivity (Wildman–Crippen MR) is 64.2 cm³/mol. The highest BCUT2D eigenvalue weighted by Crippen LogP contribution is 2.15. The maximum Gasteiger partial charge on any atom is 0.0362 e. The highest BCUT2D eigenvalue weighted by atomic mass is 15.1. The molecule has 0 fully saturated rings. The fourth-order valence-corrected chi connectivity index (χ4v) is 1.29. The number of nitrogens with zero attached hydrogens (tertiary/aromatic N) is 1. The van der Waals surface area contributed by atoms with Crippen LogP contribution in [0.3, 0.4) is 0 Å². The Kier molecular flexibility index (Phi) is 4.30. The minimum Gasteiger partial charge on any atom is -0.385 e. The van der Waals surface area contributed by atoms with Crippen molar-refractivity contribution in [3.05, 3.63) is 24.3 Å². The lowest BCUT2D eigenvalue weighted by atomic mass is 10.2. The Morgan fingerprint density at radius 3 is 2.29 bits per heavy atom. The van der Waals surface area contributed by atoms with Gasteiger partial charge in [0.1, 0.15) is 0 Å². The molecule has 0 saturated carbocycles. The fraction of sp³-hybridized carbons (Fsp3) is 0.500. The molecular weight excluding hydrogens is 172 g/mol. The van der Waals surface area contributed by atoms with Crippen LogP contribution >= 0.6 is 0 Å². The summed E-state index contributed by atoms with van der Waals surface area (Å²) in [7, 11) is 4.11. The van der Waals surface area contributed by atoms with E-state index in [1.54, 1.807) is 0 Å². The number of anilines is 2. The van der Waals surface area contributed by atoms with Gasteiger partial charge in [-0.2, -0.15) is 0 Å². The van der Waals surface area contributed by atoms with Gasteiger partial charge in [0.15, 0.2) is 0 Å². The van der Waals surface area contributed by atoms with E-state index in [1.807, 2.05) is 0 Å². The van der Waals surface area contributed by atoms with Crippen molar-refractivity contribution < 1.29 is 0 Å². The second kappa shape index (κ2) is 5.53. The van der Waals surface area contributed by atoms with Crippen LogP contribution < -0.4 is 10.2 Å². The number of benzene rings is 1. The van der Waals surface area contributed by atoms with E-state index >= 15 is 0 Å².